The van der Waals surface area contributed by atoms with Crippen LogP contribution in [0.1, 0.15) is 65.4 Å². The Balaban J connectivity index is 2.31. The number of cyclic esters (lactones) is 1. The molecule has 6 nitrogen and oxygen atoms in total. The Hall–Kier alpha value is -2.24. The highest BCUT2D eigenvalue weighted by atomic mass is 16.6. The minimum absolute atomic E-state index is 0.350. The van der Waals surface area contributed by atoms with E-state index in [-0.39, 0.29) is 6.09 Å². The van der Waals surface area contributed by atoms with Gasteiger partial charge in [0, 0.05) is 17.6 Å². The quantitative estimate of drug-likeness (QED) is 0.691. The van der Waals surface area contributed by atoms with E-state index in [0.717, 1.165) is 36.9 Å². The Bertz CT molecular complexity index is 651. The highest BCUT2D eigenvalue weighted by Crippen LogP contribution is 2.45. The molecule has 26 heavy (non-hydrogen) atoms. The van der Waals surface area contributed by atoms with Crippen molar-refractivity contribution in [1.82, 2.24) is 5.32 Å². The number of carboxylic acid groups (broad SMARTS) is 1. The summed E-state index contributed by atoms with van der Waals surface area (Å²) in [5, 5.41) is 11.5. The van der Waals surface area contributed by atoms with Crippen molar-refractivity contribution in [3.8, 4) is 0 Å². The lowest BCUT2D eigenvalue weighted by molar-refractivity contribution is -0.00973. The fraction of sp³-hybridized carbons (Fsp3) is 0.600. The van der Waals surface area contributed by atoms with Crippen molar-refractivity contribution in [1.29, 1.82) is 0 Å². The minimum atomic E-state index is -1.07. The topological polar surface area (TPSA) is 78.9 Å². The summed E-state index contributed by atoms with van der Waals surface area (Å²) in [6.45, 7) is 8.19. The lowest BCUT2D eigenvalue weighted by Gasteiger charge is -2.43. The van der Waals surface area contributed by atoms with E-state index in [4.69, 9.17) is 9.84 Å². The van der Waals surface area contributed by atoms with Crippen molar-refractivity contribution in [2.45, 2.75) is 70.9 Å². The normalized spacial score (nSPS) is 16.0. The molecule has 1 aromatic rings. The third kappa shape index (κ3) is 4.29. The molecule has 2 amide bonds. The smallest absolute Gasteiger partial charge is 0.415 e. The Morgan fingerprint density at radius 3 is 2.42 bits per heavy atom. The lowest BCUT2D eigenvalue weighted by Crippen LogP contribution is -2.49. The molecule has 2 N–H and O–H groups in total. The molecule has 0 aromatic heterocycles. The largest absolute Gasteiger partial charge is 0.465 e. The van der Waals surface area contributed by atoms with Gasteiger partial charge in [-0.3, -0.25) is 4.90 Å². The third-order valence-corrected chi connectivity index (χ3v) is 4.90. The number of nitrogens with zero attached hydrogens (tertiary/aromatic N) is 1. The van der Waals surface area contributed by atoms with Gasteiger partial charge in [0.05, 0.1) is 5.69 Å². The van der Waals surface area contributed by atoms with Crippen LogP contribution in [-0.4, -0.2) is 29.4 Å². The van der Waals surface area contributed by atoms with E-state index in [1.807, 2.05) is 24.3 Å². The number of carbonyl (C=O) groups is 2. The number of amides is 2. The van der Waals surface area contributed by atoms with Gasteiger partial charge in [0.15, 0.2) is 0 Å². The number of fused-ring (bicyclic) bond motifs is 1. The van der Waals surface area contributed by atoms with Crippen LogP contribution in [0.5, 0.6) is 0 Å². The van der Waals surface area contributed by atoms with Gasteiger partial charge in [-0.25, -0.2) is 9.59 Å². The van der Waals surface area contributed by atoms with E-state index in [9.17, 15) is 9.59 Å². The molecule has 0 bridgehead atoms. The van der Waals surface area contributed by atoms with E-state index >= 15 is 0 Å². The molecular formula is C20H30N2O4. The van der Waals surface area contributed by atoms with Crippen LogP contribution in [0.25, 0.3) is 0 Å². The summed E-state index contributed by atoms with van der Waals surface area (Å²) in [4.78, 5) is 25.4. The van der Waals surface area contributed by atoms with Crippen LogP contribution in [0.4, 0.5) is 15.3 Å². The molecule has 0 saturated heterocycles. The standard InChI is InChI=1S/C20H30N2O4/c1-5-11-20(12-6-2)15-9-7-8-10-16(15)22(18(25)26-20)14-13-19(3,4)21-17(23)24/h7-10,21H,5-6,11-14H2,1-4H3,(H,23,24). The highest BCUT2D eigenvalue weighted by Gasteiger charge is 2.43. The van der Waals surface area contributed by atoms with Crippen molar-refractivity contribution in [3.05, 3.63) is 29.8 Å². The second-order valence-electron chi connectivity index (χ2n) is 7.60. The monoisotopic (exact) mass is 362 g/mol. The van der Waals surface area contributed by atoms with Gasteiger partial charge in [-0.15, -0.1) is 0 Å². The average Bonchev–Trinajstić information content (AvgIpc) is 2.54. The van der Waals surface area contributed by atoms with Crippen LogP contribution in [0.2, 0.25) is 0 Å². The Labute approximate surface area is 155 Å². The van der Waals surface area contributed by atoms with Crippen LogP contribution in [-0.2, 0) is 10.3 Å². The molecule has 144 valence electrons. The first-order valence-electron chi connectivity index (χ1n) is 9.36. The van der Waals surface area contributed by atoms with Gasteiger partial charge in [-0.2, -0.15) is 0 Å². The highest BCUT2D eigenvalue weighted by molar-refractivity contribution is 5.91. The number of rotatable bonds is 8. The summed E-state index contributed by atoms with van der Waals surface area (Å²) in [6, 6.07) is 7.90. The zero-order valence-electron chi connectivity index (χ0n) is 16.2. The number of anilines is 1. The predicted octanol–water partition coefficient (Wildman–Crippen LogP) is 4.88. The third-order valence-electron chi connectivity index (χ3n) is 4.90. The maximum Gasteiger partial charge on any atom is 0.415 e. The Kier molecular flexibility index (Phi) is 6.16. The molecule has 1 heterocycles. The lowest BCUT2D eigenvalue weighted by atomic mass is 9.82. The molecule has 1 aliphatic rings. The molecule has 2 rings (SSSR count). The average molecular weight is 362 g/mol. The van der Waals surface area contributed by atoms with Crippen LogP contribution >= 0.6 is 0 Å². The van der Waals surface area contributed by atoms with Gasteiger partial charge in [0.25, 0.3) is 0 Å². The number of carbonyl (C=O) groups excluding carboxylic acids is 1. The summed E-state index contributed by atoms with van der Waals surface area (Å²) < 4.78 is 5.99. The maximum atomic E-state index is 12.8. The molecule has 6 heteroatoms. The van der Waals surface area contributed by atoms with Gasteiger partial charge >= 0.3 is 12.2 Å². The first kappa shape index (κ1) is 20.1. The molecule has 1 aromatic carbocycles. The molecule has 0 fully saturated rings. The van der Waals surface area contributed by atoms with Crippen molar-refractivity contribution >= 4 is 17.9 Å². The molecular weight excluding hydrogens is 332 g/mol. The van der Waals surface area contributed by atoms with E-state index in [1.165, 1.54) is 0 Å². The zero-order chi connectivity index (χ0) is 19.4. The molecule has 0 atom stereocenters. The van der Waals surface area contributed by atoms with E-state index in [1.54, 1.807) is 18.7 Å². The van der Waals surface area contributed by atoms with Crippen LogP contribution < -0.4 is 10.2 Å². The van der Waals surface area contributed by atoms with E-state index in [2.05, 4.69) is 19.2 Å². The fourth-order valence-corrected chi connectivity index (χ4v) is 3.73. The fourth-order valence-electron chi connectivity index (χ4n) is 3.73. The molecule has 0 spiro atoms. The maximum absolute atomic E-state index is 12.8. The Morgan fingerprint density at radius 2 is 1.85 bits per heavy atom. The van der Waals surface area contributed by atoms with Gasteiger partial charge < -0.3 is 15.2 Å². The SMILES string of the molecule is CCCC1(CCC)OC(=O)N(CCC(C)(C)NC(=O)O)c2ccccc21. The number of hydrogen-bond donors (Lipinski definition) is 2. The van der Waals surface area contributed by atoms with E-state index in [0.29, 0.717) is 13.0 Å². The summed E-state index contributed by atoms with van der Waals surface area (Å²) in [7, 11) is 0. The van der Waals surface area contributed by atoms with E-state index < -0.39 is 17.2 Å². The van der Waals surface area contributed by atoms with Crippen molar-refractivity contribution in [2.24, 2.45) is 0 Å². The Morgan fingerprint density at radius 1 is 1.23 bits per heavy atom. The minimum Gasteiger partial charge on any atom is -0.465 e. The zero-order valence-corrected chi connectivity index (χ0v) is 16.2. The first-order valence-corrected chi connectivity index (χ1v) is 9.36. The van der Waals surface area contributed by atoms with Crippen LogP contribution in [0, 0.1) is 0 Å². The summed E-state index contributed by atoms with van der Waals surface area (Å²) in [6.07, 6.45) is 2.51. The van der Waals surface area contributed by atoms with Gasteiger partial charge in [-0.05, 0) is 39.2 Å². The number of benzene rings is 1. The number of para-hydroxylation sites is 1. The van der Waals surface area contributed by atoms with Gasteiger partial charge in [0.2, 0.25) is 0 Å². The number of hydrogen-bond acceptors (Lipinski definition) is 3. The van der Waals surface area contributed by atoms with Crippen molar-refractivity contribution in [2.75, 3.05) is 11.4 Å². The molecule has 0 unspecified atom stereocenters. The summed E-state index contributed by atoms with van der Waals surface area (Å²) in [5.41, 5.74) is 0.717. The number of ether oxygens (including phenoxy) is 1. The second-order valence-corrected chi connectivity index (χ2v) is 7.60. The second kappa shape index (κ2) is 7.98. The van der Waals surface area contributed by atoms with Crippen LogP contribution in [0.15, 0.2) is 24.3 Å². The van der Waals surface area contributed by atoms with Gasteiger partial charge in [0.1, 0.15) is 5.60 Å². The van der Waals surface area contributed by atoms with Crippen molar-refractivity contribution < 1.29 is 19.4 Å². The molecule has 0 saturated carbocycles. The molecule has 1 aliphatic heterocycles. The van der Waals surface area contributed by atoms with Crippen molar-refractivity contribution in [3.63, 3.8) is 0 Å². The summed E-state index contributed by atoms with van der Waals surface area (Å²) in [5.74, 6) is 0. The van der Waals surface area contributed by atoms with Crippen LogP contribution in [0.3, 0.4) is 0 Å². The first-order chi connectivity index (χ1) is 12.2. The molecule has 0 radical (unpaired) electrons. The summed E-state index contributed by atoms with van der Waals surface area (Å²) >= 11 is 0. The van der Waals surface area contributed by atoms with Gasteiger partial charge in [-0.1, -0.05) is 44.9 Å². The predicted molar refractivity (Wildman–Crippen MR) is 102 cm³/mol. The molecule has 0 aliphatic carbocycles. The number of nitrogens with one attached hydrogen (secondary N) is 1.